The summed E-state index contributed by atoms with van der Waals surface area (Å²) in [7, 11) is 0. The minimum atomic E-state index is -0.444. The molecule has 1 saturated carbocycles. The molecule has 0 aromatic heterocycles. The lowest BCUT2D eigenvalue weighted by Gasteiger charge is -2.57. The van der Waals surface area contributed by atoms with Gasteiger partial charge in [0.15, 0.2) is 5.43 Å². The zero-order chi connectivity index (χ0) is 15.7. The lowest BCUT2D eigenvalue weighted by atomic mass is 9.50. The van der Waals surface area contributed by atoms with Crippen molar-refractivity contribution in [2.24, 2.45) is 17.3 Å². The number of hydrogen-bond donors (Lipinski definition) is 0. The van der Waals surface area contributed by atoms with E-state index in [1.54, 1.807) is 12.1 Å². The van der Waals surface area contributed by atoms with Gasteiger partial charge in [-0.3, -0.25) is 9.59 Å². The summed E-state index contributed by atoms with van der Waals surface area (Å²) in [6.45, 7) is 4.17. The van der Waals surface area contributed by atoms with Crippen LogP contribution >= 0.6 is 0 Å². The van der Waals surface area contributed by atoms with E-state index in [9.17, 15) is 9.59 Å². The molecule has 0 N–H and O–H groups in total. The van der Waals surface area contributed by atoms with Gasteiger partial charge in [-0.15, -0.1) is 0 Å². The number of carbonyl (C=O) groups excluding carboxylic acids is 1. The molecule has 6 aliphatic rings. The van der Waals surface area contributed by atoms with E-state index in [0.29, 0.717) is 0 Å². The average molecular weight is 310 g/mol. The Morgan fingerprint density at radius 3 is 2.83 bits per heavy atom. The van der Waals surface area contributed by atoms with Crippen molar-refractivity contribution in [3.8, 4) is 0 Å². The molecule has 118 valence electrons. The van der Waals surface area contributed by atoms with E-state index in [4.69, 9.17) is 9.47 Å². The molecule has 4 heteroatoms. The minimum absolute atomic E-state index is 0.00826. The van der Waals surface area contributed by atoms with Gasteiger partial charge in [-0.2, -0.15) is 0 Å². The molecule has 3 aliphatic heterocycles. The van der Waals surface area contributed by atoms with E-state index in [0.717, 1.165) is 24.0 Å². The zero-order valence-electron chi connectivity index (χ0n) is 13.2. The first kappa shape index (κ1) is 12.7. The molecule has 1 spiro atoms. The molecule has 7 rings (SSSR count). The number of ether oxygens (including phenoxy) is 2. The Balaban J connectivity index is 1.78. The van der Waals surface area contributed by atoms with Crippen molar-refractivity contribution in [1.29, 1.82) is 0 Å². The largest absolute Gasteiger partial charge is 0.459 e. The van der Waals surface area contributed by atoms with Gasteiger partial charge in [-0.05, 0) is 54.2 Å². The van der Waals surface area contributed by atoms with Gasteiger partial charge >= 0.3 is 5.97 Å². The molecule has 23 heavy (non-hydrogen) atoms. The molecular weight excluding hydrogens is 292 g/mol. The summed E-state index contributed by atoms with van der Waals surface area (Å²) < 4.78 is 12.3. The predicted molar refractivity (Wildman–Crippen MR) is 81.1 cm³/mol. The Hall–Kier alpha value is -1.68. The van der Waals surface area contributed by atoms with Gasteiger partial charge in [-0.1, -0.05) is 6.92 Å². The van der Waals surface area contributed by atoms with Crippen LogP contribution in [0.4, 0.5) is 0 Å². The number of esters is 1. The van der Waals surface area contributed by atoms with Crippen LogP contribution in [0.25, 0.3) is 0 Å². The minimum Gasteiger partial charge on any atom is -0.459 e. The fourth-order valence-corrected chi connectivity index (χ4v) is 6.56. The third-order valence-corrected chi connectivity index (χ3v) is 7.36. The Morgan fingerprint density at radius 2 is 2.00 bits per heavy atom. The van der Waals surface area contributed by atoms with Crippen LogP contribution < -0.4 is 5.43 Å². The molecule has 3 heterocycles. The Bertz CT molecular complexity index is 859. The van der Waals surface area contributed by atoms with Crippen LogP contribution in [0, 0.1) is 24.2 Å². The molecule has 1 aromatic carbocycles. The number of fused-ring (bicyclic) bond motifs is 2. The van der Waals surface area contributed by atoms with E-state index in [1.807, 2.05) is 6.92 Å². The summed E-state index contributed by atoms with van der Waals surface area (Å²) in [4.78, 5) is 25.0. The molecule has 1 aromatic rings. The average Bonchev–Trinajstić information content (AvgIpc) is 2.95. The molecule has 3 saturated heterocycles. The van der Waals surface area contributed by atoms with Crippen molar-refractivity contribution in [2.45, 2.75) is 50.9 Å². The maximum atomic E-state index is 12.9. The van der Waals surface area contributed by atoms with Gasteiger partial charge in [0.2, 0.25) is 0 Å². The van der Waals surface area contributed by atoms with Gasteiger partial charge in [0.05, 0.1) is 17.6 Å². The normalized spacial score (nSPS) is 47.0. The van der Waals surface area contributed by atoms with Crippen molar-refractivity contribution in [3.63, 3.8) is 0 Å². The summed E-state index contributed by atoms with van der Waals surface area (Å²) in [5.41, 5.74) is 4.19. The summed E-state index contributed by atoms with van der Waals surface area (Å²) in [6, 6.07) is 3.52. The third kappa shape index (κ3) is 1.11. The first-order chi connectivity index (χ1) is 11.0. The van der Waals surface area contributed by atoms with Crippen LogP contribution in [-0.2, 0) is 20.7 Å². The maximum absolute atomic E-state index is 12.9. The lowest BCUT2D eigenvalue weighted by molar-refractivity contribution is -0.215. The van der Waals surface area contributed by atoms with Gasteiger partial charge in [0.1, 0.15) is 6.10 Å². The fraction of sp³-hybridized carbons (Fsp3) is 0.579. The fourth-order valence-electron chi connectivity index (χ4n) is 6.56. The summed E-state index contributed by atoms with van der Waals surface area (Å²) in [5, 5.41) is 0. The van der Waals surface area contributed by atoms with Crippen LogP contribution in [-0.4, -0.2) is 18.2 Å². The van der Waals surface area contributed by atoms with Crippen molar-refractivity contribution >= 4 is 5.97 Å². The summed E-state index contributed by atoms with van der Waals surface area (Å²) in [5.74, 6) is 0.594. The third-order valence-electron chi connectivity index (χ3n) is 7.36. The molecule has 7 atom stereocenters. The molecule has 4 bridgehead atoms. The van der Waals surface area contributed by atoms with Crippen LogP contribution in [0.15, 0.2) is 16.9 Å². The molecule has 4 nitrogen and oxygen atoms in total. The number of carbonyl (C=O) groups is 1. The summed E-state index contributed by atoms with van der Waals surface area (Å²) in [6.07, 6.45) is 1.47. The van der Waals surface area contributed by atoms with Crippen molar-refractivity contribution in [1.82, 2.24) is 0 Å². The van der Waals surface area contributed by atoms with Crippen LogP contribution in [0.3, 0.4) is 0 Å². The standard InChI is InChI=1S/C19H18O4/c1-7-5-10(20)6-9-3-4-19-8(2)15-17(23-18(19)21)13-14(19)12(9)11(7)16(13)22-15/h5-6,8,13-17H,3-4H2,1-2H3/t8?,13-,14-,15?,16+,17-,19-/m1/s1. The Kier molecular flexibility index (Phi) is 1.95. The molecule has 0 radical (unpaired) electrons. The molecule has 3 aliphatic carbocycles. The van der Waals surface area contributed by atoms with E-state index in [1.165, 1.54) is 11.1 Å². The van der Waals surface area contributed by atoms with Gasteiger partial charge in [0, 0.05) is 17.8 Å². The highest BCUT2D eigenvalue weighted by Gasteiger charge is 2.76. The topological polar surface area (TPSA) is 52.6 Å². The lowest BCUT2D eigenvalue weighted by Crippen LogP contribution is -2.64. The molecule has 2 unspecified atom stereocenters. The van der Waals surface area contributed by atoms with Crippen molar-refractivity contribution in [2.75, 3.05) is 0 Å². The Morgan fingerprint density at radius 1 is 1.17 bits per heavy atom. The second-order valence-electron chi connectivity index (χ2n) is 8.00. The second kappa shape index (κ2) is 3.54. The quantitative estimate of drug-likeness (QED) is 0.688. The smallest absolute Gasteiger partial charge is 0.313 e. The van der Waals surface area contributed by atoms with Gasteiger partial charge in [0.25, 0.3) is 0 Å². The van der Waals surface area contributed by atoms with Crippen LogP contribution in [0.1, 0.15) is 47.6 Å². The Labute approximate surface area is 133 Å². The molecule has 0 amide bonds. The van der Waals surface area contributed by atoms with E-state index in [2.05, 4.69) is 6.92 Å². The van der Waals surface area contributed by atoms with Crippen LogP contribution in [0.5, 0.6) is 0 Å². The number of rotatable bonds is 0. The summed E-state index contributed by atoms with van der Waals surface area (Å²) >= 11 is 0. The maximum Gasteiger partial charge on any atom is 0.313 e. The highest BCUT2D eigenvalue weighted by Crippen LogP contribution is 2.73. The van der Waals surface area contributed by atoms with E-state index < -0.39 is 5.41 Å². The first-order valence-electron chi connectivity index (χ1n) is 8.58. The van der Waals surface area contributed by atoms with Gasteiger partial charge < -0.3 is 9.47 Å². The number of hydrogen-bond acceptors (Lipinski definition) is 4. The van der Waals surface area contributed by atoms with Crippen LogP contribution in [0.2, 0.25) is 0 Å². The highest BCUT2D eigenvalue weighted by molar-refractivity contribution is 5.83. The molecular formula is C19H18O4. The SMILES string of the molecule is Cc1cc(=O)cc2c3c1[C@@H]1OC4C(C)[C@@]5(CC2)C(=O)O[C@@H]4[C@@H]1[C@@H]35. The highest BCUT2D eigenvalue weighted by atomic mass is 16.6. The van der Waals surface area contributed by atoms with Gasteiger partial charge in [-0.25, -0.2) is 0 Å². The van der Waals surface area contributed by atoms with E-state index in [-0.39, 0.29) is 47.5 Å². The predicted octanol–water partition coefficient (Wildman–Crippen LogP) is 2.02. The number of aryl methyl sites for hydroxylation is 2. The molecule has 4 fully saturated rings. The van der Waals surface area contributed by atoms with Crippen molar-refractivity contribution < 1.29 is 14.3 Å². The van der Waals surface area contributed by atoms with E-state index >= 15 is 0 Å². The zero-order valence-corrected chi connectivity index (χ0v) is 13.2. The second-order valence-corrected chi connectivity index (χ2v) is 8.00. The first-order valence-corrected chi connectivity index (χ1v) is 8.58. The monoisotopic (exact) mass is 310 g/mol. The van der Waals surface area contributed by atoms with Crippen molar-refractivity contribution in [3.05, 3.63) is 44.6 Å².